The molecule has 0 saturated heterocycles. The first-order valence-electron chi connectivity index (χ1n) is 8.92. The van der Waals surface area contributed by atoms with Gasteiger partial charge in [-0.15, -0.1) is 0 Å². The lowest BCUT2D eigenvalue weighted by Gasteiger charge is -2.18. The average molecular weight is 338 g/mol. The van der Waals surface area contributed by atoms with Crippen molar-refractivity contribution in [1.29, 1.82) is 0 Å². The zero-order chi connectivity index (χ0) is 17.9. The molecule has 0 atom stereocenters. The molecule has 0 aliphatic heterocycles. The van der Waals surface area contributed by atoms with Crippen LogP contribution in [0.4, 0.5) is 5.69 Å². The molecular formula is C24H22N2. The van der Waals surface area contributed by atoms with Crippen molar-refractivity contribution in [3.8, 4) is 0 Å². The van der Waals surface area contributed by atoms with Crippen LogP contribution in [0.2, 0.25) is 0 Å². The van der Waals surface area contributed by atoms with Gasteiger partial charge < -0.3 is 4.90 Å². The second-order valence-electron chi connectivity index (χ2n) is 6.71. The molecule has 0 spiro atoms. The lowest BCUT2D eigenvalue weighted by atomic mass is 9.93. The number of hydrogen-bond donors (Lipinski definition) is 0. The maximum atomic E-state index is 4.75. The molecule has 128 valence electrons. The van der Waals surface area contributed by atoms with Crippen LogP contribution in [0.25, 0.3) is 16.3 Å². The van der Waals surface area contributed by atoms with E-state index in [0.29, 0.717) is 0 Å². The summed E-state index contributed by atoms with van der Waals surface area (Å²) in [6, 6.07) is 23.1. The van der Waals surface area contributed by atoms with Crippen LogP contribution < -0.4 is 0 Å². The molecule has 26 heavy (non-hydrogen) atoms. The summed E-state index contributed by atoms with van der Waals surface area (Å²) in [7, 11) is 4.20. The highest BCUT2D eigenvalue weighted by Crippen LogP contribution is 2.34. The fourth-order valence-corrected chi connectivity index (χ4v) is 3.51. The first kappa shape index (κ1) is 16.3. The highest BCUT2D eigenvalue weighted by atomic mass is 15.1. The van der Waals surface area contributed by atoms with E-state index < -0.39 is 0 Å². The molecule has 0 N–H and O–H groups in total. The molecule has 0 heterocycles. The van der Waals surface area contributed by atoms with Gasteiger partial charge in [-0.3, -0.25) is 4.99 Å². The molecule has 0 aromatic heterocycles. The fourth-order valence-electron chi connectivity index (χ4n) is 3.51. The van der Waals surface area contributed by atoms with Crippen LogP contribution in [0.5, 0.6) is 0 Å². The van der Waals surface area contributed by atoms with E-state index in [0.717, 1.165) is 12.1 Å². The minimum absolute atomic E-state index is 0.956. The van der Waals surface area contributed by atoms with E-state index in [9.17, 15) is 0 Å². The standard InChI is InChI=1S/C24H22N2/c1-26(2)24-14-8-13-22(24)21-16-15-18-9-6-7-12-20(18)23(21)17-25-19-10-4-3-5-11-19/h3-12,14-17H,13H2,1-2H3. The van der Waals surface area contributed by atoms with E-state index in [1.54, 1.807) is 0 Å². The van der Waals surface area contributed by atoms with Crippen LogP contribution in [0.1, 0.15) is 17.5 Å². The number of allylic oxidation sites excluding steroid dienone is 3. The van der Waals surface area contributed by atoms with Crippen molar-refractivity contribution in [2.45, 2.75) is 6.42 Å². The summed E-state index contributed by atoms with van der Waals surface area (Å²) in [5.74, 6) is 0. The zero-order valence-corrected chi connectivity index (χ0v) is 15.2. The quantitative estimate of drug-likeness (QED) is 0.547. The van der Waals surface area contributed by atoms with Crippen molar-refractivity contribution in [2.75, 3.05) is 14.1 Å². The molecule has 1 aliphatic carbocycles. The number of benzene rings is 3. The lowest BCUT2D eigenvalue weighted by Crippen LogP contribution is -2.10. The van der Waals surface area contributed by atoms with Gasteiger partial charge in [-0.2, -0.15) is 0 Å². The number of nitrogens with zero attached hydrogens (tertiary/aromatic N) is 2. The number of hydrogen-bond acceptors (Lipinski definition) is 2. The first-order chi connectivity index (χ1) is 12.7. The van der Waals surface area contributed by atoms with Crippen molar-refractivity contribution in [3.63, 3.8) is 0 Å². The van der Waals surface area contributed by atoms with E-state index >= 15 is 0 Å². The van der Waals surface area contributed by atoms with Gasteiger partial charge in [0.05, 0.1) is 5.69 Å². The molecule has 3 aromatic carbocycles. The summed E-state index contributed by atoms with van der Waals surface area (Å²) in [5, 5.41) is 2.48. The number of para-hydroxylation sites is 1. The third kappa shape index (κ3) is 3.06. The molecule has 2 heteroatoms. The zero-order valence-electron chi connectivity index (χ0n) is 15.2. The van der Waals surface area contributed by atoms with Gasteiger partial charge in [-0.05, 0) is 46.5 Å². The van der Waals surface area contributed by atoms with Crippen molar-refractivity contribution >= 4 is 28.2 Å². The highest BCUT2D eigenvalue weighted by molar-refractivity contribution is 6.05. The molecule has 1 aliphatic rings. The van der Waals surface area contributed by atoms with Crippen LogP contribution in [-0.2, 0) is 0 Å². The van der Waals surface area contributed by atoms with Crippen molar-refractivity contribution in [2.24, 2.45) is 4.99 Å². The summed E-state index contributed by atoms with van der Waals surface area (Å²) >= 11 is 0. The Morgan fingerprint density at radius 3 is 2.46 bits per heavy atom. The Hall–Kier alpha value is -3.13. The van der Waals surface area contributed by atoms with Crippen LogP contribution in [0.3, 0.4) is 0 Å². The molecule has 4 rings (SSSR count). The second kappa shape index (κ2) is 7.01. The number of rotatable bonds is 4. The Kier molecular flexibility index (Phi) is 4.40. The third-order valence-corrected chi connectivity index (χ3v) is 4.78. The van der Waals surface area contributed by atoms with Gasteiger partial charge in [0, 0.05) is 31.6 Å². The lowest BCUT2D eigenvalue weighted by molar-refractivity contribution is 0.533. The molecule has 0 amide bonds. The van der Waals surface area contributed by atoms with E-state index in [1.165, 1.54) is 33.2 Å². The smallest absolute Gasteiger partial charge is 0.0629 e. The Labute approximate surface area is 154 Å². The second-order valence-corrected chi connectivity index (χ2v) is 6.71. The summed E-state index contributed by atoms with van der Waals surface area (Å²) in [6.45, 7) is 0. The average Bonchev–Trinajstić information content (AvgIpc) is 3.17. The van der Waals surface area contributed by atoms with Gasteiger partial charge in [0.25, 0.3) is 0 Å². The minimum Gasteiger partial charge on any atom is -0.377 e. The summed E-state index contributed by atoms with van der Waals surface area (Å²) in [5.41, 5.74) is 6.05. The van der Waals surface area contributed by atoms with E-state index in [-0.39, 0.29) is 0 Å². The molecule has 0 radical (unpaired) electrons. The number of fused-ring (bicyclic) bond motifs is 1. The van der Waals surface area contributed by atoms with E-state index in [2.05, 4.69) is 67.5 Å². The Morgan fingerprint density at radius 1 is 0.885 bits per heavy atom. The summed E-state index contributed by atoms with van der Waals surface area (Å²) in [6.07, 6.45) is 7.42. The molecular weight excluding hydrogens is 316 g/mol. The van der Waals surface area contributed by atoms with Crippen LogP contribution in [0, 0.1) is 0 Å². The Morgan fingerprint density at radius 2 is 1.65 bits per heavy atom. The van der Waals surface area contributed by atoms with Gasteiger partial charge in [0.2, 0.25) is 0 Å². The van der Waals surface area contributed by atoms with Crippen LogP contribution in [0.15, 0.2) is 89.6 Å². The SMILES string of the molecule is CN(C)C1=C(c2ccc3ccccc3c2C=Nc2ccccc2)CC=C1. The normalized spacial score (nSPS) is 13.9. The maximum absolute atomic E-state index is 4.75. The minimum atomic E-state index is 0.956. The van der Waals surface area contributed by atoms with Crippen LogP contribution >= 0.6 is 0 Å². The summed E-state index contributed by atoms with van der Waals surface area (Å²) in [4.78, 5) is 6.93. The van der Waals surface area contributed by atoms with E-state index in [1.807, 2.05) is 36.5 Å². The highest BCUT2D eigenvalue weighted by Gasteiger charge is 2.17. The van der Waals surface area contributed by atoms with Gasteiger partial charge in [-0.25, -0.2) is 0 Å². The van der Waals surface area contributed by atoms with Gasteiger partial charge in [-0.1, -0.05) is 60.7 Å². The van der Waals surface area contributed by atoms with Gasteiger partial charge >= 0.3 is 0 Å². The van der Waals surface area contributed by atoms with E-state index in [4.69, 9.17) is 4.99 Å². The van der Waals surface area contributed by atoms with Crippen molar-refractivity contribution in [1.82, 2.24) is 4.90 Å². The summed E-state index contributed by atoms with van der Waals surface area (Å²) < 4.78 is 0. The Balaban J connectivity index is 1.91. The predicted molar refractivity (Wildman–Crippen MR) is 112 cm³/mol. The van der Waals surface area contributed by atoms with Crippen molar-refractivity contribution < 1.29 is 0 Å². The van der Waals surface area contributed by atoms with Gasteiger partial charge in [0.1, 0.15) is 0 Å². The van der Waals surface area contributed by atoms with Gasteiger partial charge in [0.15, 0.2) is 0 Å². The maximum Gasteiger partial charge on any atom is 0.0629 e. The Bertz CT molecular complexity index is 1020. The molecule has 0 bridgehead atoms. The predicted octanol–water partition coefficient (Wildman–Crippen LogP) is 5.82. The molecule has 0 saturated carbocycles. The molecule has 2 nitrogen and oxygen atoms in total. The number of likely N-dealkylation sites (N-methyl/N-ethyl adjacent to an activating group) is 1. The largest absolute Gasteiger partial charge is 0.377 e. The first-order valence-corrected chi connectivity index (χ1v) is 8.92. The monoisotopic (exact) mass is 338 g/mol. The van der Waals surface area contributed by atoms with Crippen molar-refractivity contribution in [3.05, 3.63) is 95.7 Å². The third-order valence-electron chi connectivity index (χ3n) is 4.78. The molecule has 0 unspecified atom stereocenters. The number of aliphatic imine (C=N–C) groups is 1. The van der Waals surface area contributed by atoms with Crippen LogP contribution in [-0.4, -0.2) is 25.2 Å². The molecule has 0 fully saturated rings. The molecule has 3 aromatic rings. The fraction of sp³-hybridized carbons (Fsp3) is 0.125. The topological polar surface area (TPSA) is 15.6 Å².